The van der Waals surface area contributed by atoms with E-state index in [1.54, 1.807) is 30.4 Å². The highest BCUT2D eigenvalue weighted by Gasteiger charge is 2.21. The maximum Gasteiger partial charge on any atom is 0.343 e. The second-order valence-corrected chi connectivity index (χ2v) is 9.01. The summed E-state index contributed by atoms with van der Waals surface area (Å²) in [5.74, 6) is 0.553. The molecule has 10 heteroatoms. The van der Waals surface area contributed by atoms with Crippen molar-refractivity contribution in [1.29, 1.82) is 0 Å². The van der Waals surface area contributed by atoms with Crippen molar-refractivity contribution in [2.45, 2.75) is 20.0 Å². The number of halogens is 1. The Hall–Kier alpha value is -2.59. The molecule has 0 amide bonds. The molecular weight excluding hydrogens is 462 g/mol. The zero-order chi connectivity index (χ0) is 23.2. The van der Waals surface area contributed by atoms with Gasteiger partial charge in [0.25, 0.3) is 0 Å². The Morgan fingerprint density at radius 3 is 2.73 bits per heavy atom. The van der Waals surface area contributed by atoms with Crippen molar-refractivity contribution in [3.8, 4) is 11.4 Å². The van der Waals surface area contributed by atoms with Crippen LogP contribution in [-0.2, 0) is 22.6 Å². The summed E-state index contributed by atoms with van der Waals surface area (Å²) in [5.41, 5.74) is 2.05. The van der Waals surface area contributed by atoms with Gasteiger partial charge in [0.05, 0.1) is 38.6 Å². The Bertz CT molecular complexity index is 1090. The molecule has 1 fully saturated rings. The van der Waals surface area contributed by atoms with E-state index in [1.807, 2.05) is 24.1 Å². The van der Waals surface area contributed by atoms with Crippen LogP contribution in [0, 0.1) is 0 Å². The molecule has 1 aliphatic heterocycles. The number of nitrogens with zero attached hydrogens (tertiary/aromatic N) is 5. The maximum atomic E-state index is 12.6. The molecule has 8 nitrogen and oxygen atoms in total. The van der Waals surface area contributed by atoms with Gasteiger partial charge in [0.2, 0.25) is 0 Å². The Morgan fingerprint density at radius 1 is 1.24 bits per heavy atom. The highest BCUT2D eigenvalue weighted by atomic mass is 35.5. The molecule has 0 bridgehead atoms. The Morgan fingerprint density at radius 2 is 2.00 bits per heavy atom. The lowest BCUT2D eigenvalue weighted by Crippen LogP contribution is -2.35. The monoisotopic (exact) mass is 487 g/mol. The van der Waals surface area contributed by atoms with Gasteiger partial charge >= 0.3 is 5.97 Å². The number of anilines is 1. The summed E-state index contributed by atoms with van der Waals surface area (Å²) in [6, 6.07) is 7.27. The first-order valence-electron chi connectivity index (χ1n) is 10.8. The zero-order valence-corrected chi connectivity index (χ0v) is 20.2. The number of hydrogen-bond donors (Lipinski definition) is 0. The van der Waals surface area contributed by atoms with Crippen molar-refractivity contribution >= 4 is 34.7 Å². The Labute approximate surface area is 202 Å². The zero-order valence-electron chi connectivity index (χ0n) is 18.7. The largest absolute Gasteiger partial charge is 0.462 e. The van der Waals surface area contributed by atoms with E-state index in [0.717, 1.165) is 49.1 Å². The Kier molecular flexibility index (Phi) is 7.87. The number of esters is 1. The first-order valence-corrected chi connectivity index (χ1v) is 12.0. The molecule has 0 N–H and O–H groups in total. The van der Waals surface area contributed by atoms with Gasteiger partial charge in [-0.3, -0.25) is 4.90 Å². The minimum atomic E-state index is -0.451. The normalized spacial score (nSPS) is 14.3. The molecule has 3 aromatic rings. The van der Waals surface area contributed by atoms with Crippen molar-refractivity contribution in [1.82, 2.24) is 19.9 Å². The summed E-state index contributed by atoms with van der Waals surface area (Å²) in [4.78, 5) is 30.7. The second-order valence-electron chi connectivity index (χ2n) is 7.64. The van der Waals surface area contributed by atoms with Gasteiger partial charge in [-0.25, -0.2) is 19.7 Å². The number of carbonyl (C=O) groups excluding carboxylic acids is 1. The summed E-state index contributed by atoms with van der Waals surface area (Å²) in [7, 11) is 1.89. The third-order valence-corrected chi connectivity index (χ3v) is 6.32. The quantitative estimate of drug-likeness (QED) is 0.442. The summed E-state index contributed by atoms with van der Waals surface area (Å²) in [5, 5.41) is 3.75. The van der Waals surface area contributed by atoms with E-state index < -0.39 is 5.97 Å². The molecule has 3 heterocycles. The average molecular weight is 488 g/mol. The highest BCUT2D eigenvalue weighted by molar-refractivity contribution is 7.09. The van der Waals surface area contributed by atoms with Crippen LogP contribution < -0.4 is 4.90 Å². The van der Waals surface area contributed by atoms with Crippen LogP contribution in [0.5, 0.6) is 0 Å². The van der Waals surface area contributed by atoms with Crippen LogP contribution in [0.4, 0.5) is 5.82 Å². The molecule has 174 valence electrons. The summed E-state index contributed by atoms with van der Waals surface area (Å²) >= 11 is 7.65. The predicted octanol–water partition coefficient (Wildman–Crippen LogP) is 3.90. The van der Waals surface area contributed by atoms with Crippen molar-refractivity contribution in [2.24, 2.45) is 0 Å². The van der Waals surface area contributed by atoms with Gasteiger partial charge in [-0.2, -0.15) is 0 Å². The van der Waals surface area contributed by atoms with E-state index in [9.17, 15) is 4.79 Å². The third kappa shape index (κ3) is 6.05. The van der Waals surface area contributed by atoms with Gasteiger partial charge in [-0.1, -0.05) is 11.6 Å². The van der Waals surface area contributed by atoms with E-state index in [-0.39, 0.29) is 6.61 Å². The lowest BCUT2D eigenvalue weighted by atomic mass is 10.2. The summed E-state index contributed by atoms with van der Waals surface area (Å²) < 4.78 is 10.6. The average Bonchev–Trinajstić information content (AvgIpc) is 3.26. The van der Waals surface area contributed by atoms with E-state index >= 15 is 0 Å². The lowest BCUT2D eigenvalue weighted by molar-refractivity contribution is 0.0341. The van der Waals surface area contributed by atoms with Crippen LogP contribution in [0.25, 0.3) is 11.4 Å². The first kappa shape index (κ1) is 23.6. The van der Waals surface area contributed by atoms with Crippen LogP contribution in [0.1, 0.15) is 28.0 Å². The van der Waals surface area contributed by atoms with Crippen LogP contribution in [0.2, 0.25) is 5.02 Å². The minimum Gasteiger partial charge on any atom is -0.462 e. The molecule has 2 aromatic heterocycles. The fourth-order valence-corrected chi connectivity index (χ4v) is 4.47. The number of aromatic nitrogens is 3. The molecule has 0 saturated carbocycles. The number of rotatable bonds is 8. The summed E-state index contributed by atoms with van der Waals surface area (Å²) in [6.45, 7) is 6.75. The molecule has 1 aliphatic rings. The fourth-order valence-electron chi connectivity index (χ4n) is 3.52. The smallest absolute Gasteiger partial charge is 0.343 e. The van der Waals surface area contributed by atoms with Crippen LogP contribution in [0.3, 0.4) is 0 Å². The number of thiazole rings is 1. The van der Waals surface area contributed by atoms with Gasteiger partial charge in [0.15, 0.2) is 5.82 Å². The van der Waals surface area contributed by atoms with Gasteiger partial charge < -0.3 is 14.4 Å². The molecule has 33 heavy (non-hydrogen) atoms. The maximum absolute atomic E-state index is 12.6. The number of carbonyl (C=O) groups is 1. The van der Waals surface area contributed by atoms with Gasteiger partial charge in [-0.05, 0) is 31.2 Å². The molecule has 1 saturated heterocycles. The number of morpholine rings is 1. The van der Waals surface area contributed by atoms with Crippen molar-refractivity contribution in [3.63, 3.8) is 0 Å². The van der Waals surface area contributed by atoms with Crippen molar-refractivity contribution in [2.75, 3.05) is 44.9 Å². The van der Waals surface area contributed by atoms with E-state index in [2.05, 4.69) is 15.3 Å². The molecule has 0 aliphatic carbocycles. The molecule has 1 aromatic carbocycles. The summed E-state index contributed by atoms with van der Waals surface area (Å²) in [6.07, 6.45) is 1.52. The predicted molar refractivity (Wildman–Crippen MR) is 129 cm³/mol. The van der Waals surface area contributed by atoms with E-state index in [1.165, 1.54) is 6.20 Å². The van der Waals surface area contributed by atoms with Crippen LogP contribution in [0.15, 0.2) is 35.8 Å². The van der Waals surface area contributed by atoms with Gasteiger partial charge in [0, 0.05) is 42.3 Å². The molecule has 4 rings (SSSR count). The first-order chi connectivity index (χ1) is 16.0. The lowest BCUT2D eigenvalue weighted by Gasteiger charge is -2.25. The molecule has 0 radical (unpaired) electrons. The van der Waals surface area contributed by atoms with Gasteiger partial charge in [0.1, 0.15) is 16.4 Å². The topological polar surface area (TPSA) is 80.7 Å². The number of ether oxygens (including phenoxy) is 2. The minimum absolute atomic E-state index is 0.276. The van der Waals surface area contributed by atoms with Crippen molar-refractivity contribution in [3.05, 3.63) is 57.1 Å². The third-order valence-electron chi connectivity index (χ3n) is 5.19. The van der Waals surface area contributed by atoms with Crippen molar-refractivity contribution < 1.29 is 14.3 Å². The van der Waals surface area contributed by atoms with Crippen LogP contribution in [-0.4, -0.2) is 65.8 Å². The molecule has 0 spiro atoms. The van der Waals surface area contributed by atoms with Gasteiger partial charge in [-0.15, -0.1) is 11.3 Å². The van der Waals surface area contributed by atoms with Crippen LogP contribution >= 0.6 is 22.9 Å². The fraction of sp³-hybridized carbons (Fsp3) is 0.391. The van der Waals surface area contributed by atoms with E-state index in [4.69, 9.17) is 31.0 Å². The molecule has 0 atom stereocenters. The molecular formula is C23H26ClN5O3S. The SMILES string of the molecule is CCOC(=O)c1cnc(-c2ccc(Cl)cc2)nc1N(C)Cc1csc(CN2CCOCC2)n1. The second kappa shape index (κ2) is 11.0. The standard InChI is InChI=1S/C23H26ClN5O3S/c1-3-32-23(30)19-12-25-21(16-4-6-17(24)7-5-16)27-22(19)28(2)13-18-15-33-20(26-18)14-29-8-10-31-11-9-29/h4-7,12,15H,3,8-11,13-14H2,1-2H3. The Balaban J connectivity index is 1.55. The highest BCUT2D eigenvalue weighted by Crippen LogP contribution is 2.25. The molecule has 0 unspecified atom stereocenters. The number of benzene rings is 1. The number of hydrogen-bond acceptors (Lipinski definition) is 9. The van der Waals surface area contributed by atoms with E-state index in [0.29, 0.717) is 28.8 Å².